The van der Waals surface area contributed by atoms with Gasteiger partial charge in [0.15, 0.2) is 0 Å². The minimum Gasteiger partial charge on any atom is -0.507 e. The molecule has 0 bridgehead atoms. The van der Waals surface area contributed by atoms with E-state index < -0.39 is 23.9 Å². The summed E-state index contributed by atoms with van der Waals surface area (Å²) in [5.41, 5.74) is 0.801. The van der Waals surface area contributed by atoms with Gasteiger partial charge in [-0.25, -0.2) is 9.69 Å². The number of aromatic hydroxyl groups is 1. The zero-order chi connectivity index (χ0) is 16.6. The second-order valence-electron chi connectivity index (χ2n) is 5.05. The lowest BCUT2D eigenvalue weighted by Gasteiger charge is -2.14. The van der Waals surface area contributed by atoms with Crippen LogP contribution in [0.3, 0.4) is 0 Å². The van der Waals surface area contributed by atoms with E-state index in [1.807, 2.05) is 0 Å². The summed E-state index contributed by atoms with van der Waals surface area (Å²) in [6, 6.07) is 12.5. The summed E-state index contributed by atoms with van der Waals surface area (Å²) < 4.78 is 5.26. The average Bonchev–Trinajstić information content (AvgIpc) is 2.80. The van der Waals surface area contributed by atoms with Crippen LogP contribution in [0.15, 0.2) is 48.5 Å². The highest BCUT2D eigenvalue weighted by atomic mass is 16.5. The molecule has 2 aromatic rings. The van der Waals surface area contributed by atoms with Gasteiger partial charge in [-0.05, 0) is 18.2 Å². The molecule has 1 N–H and O–H groups in total. The summed E-state index contributed by atoms with van der Waals surface area (Å²) in [4.78, 5) is 37.3. The number of phenolic OH excluding ortho intramolecular Hbond substituents is 1. The van der Waals surface area contributed by atoms with Gasteiger partial charge in [0.25, 0.3) is 5.91 Å². The van der Waals surface area contributed by atoms with E-state index >= 15 is 0 Å². The molecule has 1 heterocycles. The molecule has 1 aliphatic heterocycles. The Bertz CT molecular complexity index is 814. The van der Waals surface area contributed by atoms with Gasteiger partial charge in [-0.3, -0.25) is 9.59 Å². The summed E-state index contributed by atoms with van der Waals surface area (Å²) >= 11 is 0. The first-order chi connectivity index (χ1) is 11.0. The third-order valence-corrected chi connectivity index (χ3v) is 3.57. The third kappa shape index (κ3) is 2.44. The normalized spacial score (nSPS) is 16.1. The van der Waals surface area contributed by atoms with Crippen LogP contribution in [-0.2, 0) is 14.3 Å². The molecule has 0 aliphatic carbocycles. The number of benzene rings is 2. The van der Waals surface area contributed by atoms with E-state index in [4.69, 9.17) is 4.74 Å². The molecule has 1 aliphatic rings. The van der Waals surface area contributed by atoms with E-state index in [2.05, 4.69) is 0 Å². The van der Waals surface area contributed by atoms with Gasteiger partial charge in [-0.1, -0.05) is 30.3 Å². The molecule has 1 atom stereocenters. The smallest absolute Gasteiger partial charge is 0.343 e. The van der Waals surface area contributed by atoms with Crippen LogP contribution in [0, 0.1) is 0 Å². The Hall–Kier alpha value is -3.15. The summed E-state index contributed by atoms with van der Waals surface area (Å²) in [5.74, 6) is -2.15. The Kier molecular flexibility index (Phi) is 3.57. The zero-order valence-electron chi connectivity index (χ0n) is 12.2. The lowest BCUT2D eigenvalue weighted by Crippen LogP contribution is -2.34. The summed E-state index contributed by atoms with van der Waals surface area (Å²) in [5, 5.41) is 9.71. The molecule has 0 saturated heterocycles. The molecule has 0 fully saturated rings. The van der Waals surface area contributed by atoms with Crippen LogP contribution in [0.5, 0.6) is 5.75 Å². The molecule has 0 spiro atoms. The molecule has 3 rings (SSSR count). The van der Waals surface area contributed by atoms with Crippen LogP contribution >= 0.6 is 0 Å². The predicted octanol–water partition coefficient (Wildman–Crippen LogP) is 2.18. The average molecular weight is 311 g/mol. The maximum absolute atomic E-state index is 12.4. The molecule has 2 amide bonds. The molecule has 1 unspecified atom stereocenters. The number of nitrogens with zero attached hydrogens (tertiary/aromatic N) is 1. The number of esters is 1. The molecule has 116 valence electrons. The molecular formula is C17H13NO5. The number of para-hydroxylation sites is 2. The quantitative estimate of drug-likeness (QED) is 0.859. The number of rotatable bonds is 2. The summed E-state index contributed by atoms with van der Waals surface area (Å²) in [6.45, 7) is 1.27. The fraction of sp³-hybridized carbons (Fsp3) is 0.118. The minimum atomic E-state index is -1.21. The third-order valence-electron chi connectivity index (χ3n) is 3.57. The summed E-state index contributed by atoms with van der Waals surface area (Å²) in [6.07, 6.45) is -1.21. The van der Waals surface area contributed by atoms with Gasteiger partial charge in [-0.15, -0.1) is 0 Å². The van der Waals surface area contributed by atoms with Gasteiger partial charge < -0.3 is 9.84 Å². The molecule has 6 nitrogen and oxygen atoms in total. The van der Waals surface area contributed by atoms with Gasteiger partial charge in [0.1, 0.15) is 11.3 Å². The topological polar surface area (TPSA) is 83.9 Å². The highest BCUT2D eigenvalue weighted by Crippen LogP contribution is 2.38. The van der Waals surface area contributed by atoms with Crippen LogP contribution in [0.2, 0.25) is 0 Å². The molecular weight excluding hydrogens is 298 g/mol. The number of amides is 2. The van der Waals surface area contributed by atoms with Crippen LogP contribution in [0.25, 0.3) is 0 Å². The van der Waals surface area contributed by atoms with Crippen LogP contribution < -0.4 is 4.90 Å². The van der Waals surface area contributed by atoms with Crippen molar-refractivity contribution in [2.45, 2.75) is 13.0 Å². The van der Waals surface area contributed by atoms with Crippen LogP contribution in [-0.4, -0.2) is 22.9 Å². The van der Waals surface area contributed by atoms with Crippen molar-refractivity contribution in [3.05, 3.63) is 59.7 Å². The van der Waals surface area contributed by atoms with E-state index in [0.717, 1.165) is 4.90 Å². The minimum absolute atomic E-state index is 0.0425. The van der Waals surface area contributed by atoms with Crippen molar-refractivity contribution in [1.82, 2.24) is 0 Å². The van der Waals surface area contributed by atoms with E-state index in [9.17, 15) is 19.5 Å². The Morgan fingerprint density at radius 2 is 1.74 bits per heavy atom. The molecule has 2 aromatic carbocycles. The SMILES string of the molecule is CC(=O)N1C(=O)C(OC(=O)c2ccccc2O)c2ccccc21. The van der Waals surface area contributed by atoms with E-state index in [-0.39, 0.29) is 11.3 Å². The van der Waals surface area contributed by atoms with Gasteiger partial charge in [0.2, 0.25) is 12.0 Å². The second kappa shape index (κ2) is 5.57. The Morgan fingerprint density at radius 3 is 2.43 bits per heavy atom. The van der Waals surface area contributed by atoms with Gasteiger partial charge in [0.05, 0.1) is 5.69 Å². The monoisotopic (exact) mass is 311 g/mol. The zero-order valence-corrected chi connectivity index (χ0v) is 12.2. The first-order valence-electron chi connectivity index (χ1n) is 6.93. The van der Waals surface area contributed by atoms with Gasteiger partial charge in [0, 0.05) is 12.5 Å². The fourth-order valence-electron chi connectivity index (χ4n) is 2.54. The largest absolute Gasteiger partial charge is 0.507 e. The molecule has 6 heteroatoms. The number of hydrogen-bond donors (Lipinski definition) is 1. The number of carbonyl (C=O) groups excluding carboxylic acids is 3. The first-order valence-corrected chi connectivity index (χ1v) is 6.93. The maximum atomic E-state index is 12.4. The highest BCUT2D eigenvalue weighted by Gasteiger charge is 2.42. The number of carbonyl (C=O) groups is 3. The predicted molar refractivity (Wildman–Crippen MR) is 80.9 cm³/mol. The van der Waals surface area contributed by atoms with Crippen molar-refractivity contribution in [3.63, 3.8) is 0 Å². The van der Waals surface area contributed by atoms with Crippen molar-refractivity contribution >= 4 is 23.5 Å². The fourth-order valence-corrected chi connectivity index (χ4v) is 2.54. The standard InChI is InChI=1S/C17H13NO5/c1-10(19)18-13-8-4-2-6-11(13)15(16(18)21)23-17(22)12-7-3-5-9-14(12)20/h2-9,15,20H,1H3. The number of ether oxygens (including phenoxy) is 1. The number of hydrogen-bond acceptors (Lipinski definition) is 5. The maximum Gasteiger partial charge on any atom is 0.343 e. The van der Waals surface area contributed by atoms with E-state index in [1.165, 1.54) is 19.1 Å². The number of phenols is 1. The summed E-state index contributed by atoms with van der Waals surface area (Å²) in [7, 11) is 0. The molecule has 0 aromatic heterocycles. The van der Waals surface area contributed by atoms with Crippen LogP contribution in [0.1, 0.15) is 28.9 Å². The van der Waals surface area contributed by atoms with Crippen molar-refractivity contribution in [1.29, 1.82) is 0 Å². The van der Waals surface area contributed by atoms with Gasteiger partial charge in [-0.2, -0.15) is 0 Å². The van der Waals surface area contributed by atoms with Gasteiger partial charge >= 0.3 is 5.97 Å². The lowest BCUT2D eigenvalue weighted by atomic mass is 10.1. The van der Waals surface area contributed by atoms with E-state index in [1.54, 1.807) is 36.4 Å². The van der Waals surface area contributed by atoms with Crippen molar-refractivity contribution < 1.29 is 24.2 Å². The van der Waals surface area contributed by atoms with Crippen molar-refractivity contribution in [3.8, 4) is 5.75 Å². The number of anilines is 1. The molecule has 0 saturated carbocycles. The lowest BCUT2D eigenvalue weighted by molar-refractivity contribution is -0.130. The Labute approximate surface area is 131 Å². The Morgan fingerprint density at radius 1 is 1.09 bits per heavy atom. The number of fused-ring (bicyclic) bond motifs is 1. The second-order valence-corrected chi connectivity index (χ2v) is 5.05. The van der Waals surface area contributed by atoms with E-state index in [0.29, 0.717) is 11.3 Å². The Balaban J connectivity index is 1.95. The molecule has 0 radical (unpaired) electrons. The first kappa shape index (κ1) is 14.8. The van der Waals surface area contributed by atoms with Crippen molar-refractivity contribution in [2.75, 3.05) is 4.90 Å². The number of imide groups is 1. The van der Waals surface area contributed by atoms with Crippen molar-refractivity contribution in [2.24, 2.45) is 0 Å². The highest BCUT2D eigenvalue weighted by molar-refractivity contribution is 6.20. The molecule has 23 heavy (non-hydrogen) atoms. The van der Waals surface area contributed by atoms with Crippen LogP contribution in [0.4, 0.5) is 5.69 Å².